The molecule has 1 aromatic heterocycles. The molecule has 0 fully saturated rings. The lowest BCUT2D eigenvalue weighted by Gasteiger charge is -2.17. The van der Waals surface area contributed by atoms with E-state index in [0.717, 1.165) is 0 Å². The van der Waals surface area contributed by atoms with Crippen molar-refractivity contribution in [3.63, 3.8) is 0 Å². The second kappa shape index (κ2) is 8.96. The molecule has 0 spiro atoms. The molecule has 0 amide bonds. The Kier molecular flexibility index (Phi) is 7.29. The molecule has 0 aliphatic rings. The highest BCUT2D eigenvalue weighted by Gasteiger charge is 2.21. The van der Waals surface area contributed by atoms with Crippen molar-refractivity contribution in [3.8, 4) is 0 Å². The van der Waals surface area contributed by atoms with Crippen LogP contribution in [0.3, 0.4) is 0 Å². The maximum absolute atomic E-state index is 12.1. The Morgan fingerprint density at radius 1 is 1.08 bits per heavy atom. The van der Waals surface area contributed by atoms with Crippen LogP contribution in [0.25, 0.3) is 6.08 Å². The van der Waals surface area contributed by atoms with Gasteiger partial charge in [-0.1, -0.05) is 0 Å². The summed E-state index contributed by atoms with van der Waals surface area (Å²) >= 11 is 0. The third-order valence-corrected chi connectivity index (χ3v) is 2.69. The van der Waals surface area contributed by atoms with Crippen molar-refractivity contribution in [2.45, 2.75) is 40.2 Å². The van der Waals surface area contributed by atoms with Crippen LogP contribution in [0, 0.1) is 0 Å². The number of hydrogen-bond donors (Lipinski definition) is 0. The van der Waals surface area contributed by atoms with E-state index in [4.69, 9.17) is 14.2 Å². The molecule has 0 N–H and O–H groups in total. The summed E-state index contributed by atoms with van der Waals surface area (Å²) in [6, 6.07) is 1.41. The molecule has 0 atom stereocenters. The van der Waals surface area contributed by atoms with Crippen molar-refractivity contribution >= 4 is 24.0 Å². The van der Waals surface area contributed by atoms with Crippen molar-refractivity contribution in [1.82, 2.24) is 4.98 Å². The van der Waals surface area contributed by atoms with Crippen LogP contribution in [0.5, 0.6) is 0 Å². The molecule has 136 valence electrons. The average molecular weight is 349 g/mol. The lowest BCUT2D eigenvalue weighted by Crippen LogP contribution is -2.22. The molecule has 0 saturated carbocycles. The van der Waals surface area contributed by atoms with Gasteiger partial charge in [0.2, 0.25) is 0 Å². The van der Waals surface area contributed by atoms with Gasteiger partial charge in [-0.15, -0.1) is 0 Å². The van der Waals surface area contributed by atoms with Crippen LogP contribution in [0.2, 0.25) is 0 Å². The van der Waals surface area contributed by atoms with E-state index in [-0.39, 0.29) is 24.5 Å². The number of nitrogens with zero attached hydrogens (tertiary/aromatic N) is 1. The summed E-state index contributed by atoms with van der Waals surface area (Å²) < 4.78 is 15.0. The summed E-state index contributed by atoms with van der Waals surface area (Å²) in [5, 5.41) is 0. The Bertz CT molecular complexity index is 673. The maximum Gasteiger partial charge on any atom is 0.357 e. The number of ether oxygens (including phenoxy) is 3. The van der Waals surface area contributed by atoms with Crippen molar-refractivity contribution in [3.05, 3.63) is 35.2 Å². The van der Waals surface area contributed by atoms with Gasteiger partial charge in [0.25, 0.3) is 0 Å². The Labute approximate surface area is 147 Å². The summed E-state index contributed by atoms with van der Waals surface area (Å²) in [5.74, 6) is -1.93. The third kappa shape index (κ3) is 6.74. The Morgan fingerprint density at radius 3 is 2.24 bits per heavy atom. The van der Waals surface area contributed by atoms with Gasteiger partial charge in [0.05, 0.1) is 18.8 Å². The van der Waals surface area contributed by atoms with Crippen LogP contribution in [-0.2, 0) is 19.0 Å². The first-order chi connectivity index (χ1) is 11.7. The number of esters is 3. The van der Waals surface area contributed by atoms with Gasteiger partial charge in [-0.2, -0.15) is 0 Å². The molecule has 0 unspecified atom stereocenters. The van der Waals surface area contributed by atoms with E-state index in [9.17, 15) is 14.4 Å². The van der Waals surface area contributed by atoms with Gasteiger partial charge in [0.15, 0.2) is 5.69 Å². The van der Waals surface area contributed by atoms with E-state index in [2.05, 4.69) is 4.98 Å². The summed E-state index contributed by atoms with van der Waals surface area (Å²) in [6.45, 7) is 8.89. The minimum atomic E-state index is -0.715. The van der Waals surface area contributed by atoms with E-state index < -0.39 is 23.5 Å². The summed E-state index contributed by atoms with van der Waals surface area (Å²) in [7, 11) is 0. The zero-order chi connectivity index (χ0) is 19.0. The molecular weight excluding hydrogens is 326 g/mol. The molecule has 0 aromatic carbocycles. The molecule has 7 heteroatoms. The second-order valence-corrected chi connectivity index (χ2v) is 5.97. The molecule has 0 aliphatic carbocycles. The molecule has 7 nitrogen and oxygen atoms in total. The molecule has 1 aromatic rings. The van der Waals surface area contributed by atoms with Crippen LogP contribution < -0.4 is 0 Å². The van der Waals surface area contributed by atoms with Crippen LogP contribution >= 0.6 is 0 Å². The largest absolute Gasteiger partial charge is 0.462 e. The van der Waals surface area contributed by atoms with Gasteiger partial charge in [-0.25, -0.2) is 19.4 Å². The molecule has 0 saturated heterocycles. The predicted molar refractivity (Wildman–Crippen MR) is 91.0 cm³/mol. The highest BCUT2D eigenvalue weighted by molar-refractivity contribution is 6.02. The zero-order valence-electron chi connectivity index (χ0n) is 15.1. The number of carbonyl (C=O) groups is 3. The average Bonchev–Trinajstić information content (AvgIpc) is 2.51. The van der Waals surface area contributed by atoms with E-state index in [1.807, 2.05) is 0 Å². The minimum absolute atomic E-state index is 0.0216. The first kappa shape index (κ1) is 20.3. The van der Waals surface area contributed by atoms with Crippen LogP contribution in [0.4, 0.5) is 0 Å². The monoisotopic (exact) mass is 349 g/mol. The topological polar surface area (TPSA) is 91.8 Å². The summed E-state index contributed by atoms with van der Waals surface area (Å²) in [5.41, 5.74) is -0.313. The van der Waals surface area contributed by atoms with E-state index in [1.54, 1.807) is 34.6 Å². The number of pyridine rings is 1. The highest BCUT2D eigenvalue weighted by Crippen LogP contribution is 2.14. The predicted octanol–water partition coefficient (Wildman–Crippen LogP) is 2.79. The fraction of sp³-hybridized carbons (Fsp3) is 0.444. The van der Waals surface area contributed by atoms with E-state index in [1.165, 1.54) is 24.4 Å². The van der Waals surface area contributed by atoms with Crippen LogP contribution in [-0.4, -0.2) is 41.7 Å². The van der Waals surface area contributed by atoms with Crippen molar-refractivity contribution in [1.29, 1.82) is 0 Å². The fourth-order valence-corrected chi connectivity index (χ4v) is 1.80. The third-order valence-electron chi connectivity index (χ3n) is 2.69. The Balaban J connectivity index is 3.11. The van der Waals surface area contributed by atoms with Gasteiger partial charge in [0.1, 0.15) is 5.60 Å². The number of aromatic nitrogens is 1. The number of carbonyl (C=O) groups excluding carboxylic acids is 3. The molecule has 0 aliphatic heterocycles. The van der Waals surface area contributed by atoms with Gasteiger partial charge in [0, 0.05) is 12.3 Å². The lowest BCUT2D eigenvalue weighted by molar-refractivity contribution is -0.148. The van der Waals surface area contributed by atoms with Crippen molar-refractivity contribution < 1.29 is 28.6 Å². The van der Waals surface area contributed by atoms with Crippen molar-refractivity contribution in [2.75, 3.05) is 13.2 Å². The first-order valence-corrected chi connectivity index (χ1v) is 7.93. The zero-order valence-corrected chi connectivity index (χ0v) is 15.1. The molecule has 0 radical (unpaired) electrons. The summed E-state index contributed by atoms with van der Waals surface area (Å²) in [6.07, 6.45) is 4.02. The van der Waals surface area contributed by atoms with Crippen molar-refractivity contribution in [2.24, 2.45) is 0 Å². The Morgan fingerprint density at radius 2 is 1.68 bits per heavy atom. The fourth-order valence-electron chi connectivity index (χ4n) is 1.80. The molecule has 1 rings (SSSR count). The summed E-state index contributed by atoms with van der Waals surface area (Å²) in [4.78, 5) is 39.7. The van der Waals surface area contributed by atoms with E-state index >= 15 is 0 Å². The van der Waals surface area contributed by atoms with Crippen LogP contribution in [0.1, 0.15) is 61.0 Å². The van der Waals surface area contributed by atoms with E-state index in [0.29, 0.717) is 5.56 Å². The molecular formula is C18H23NO6. The maximum atomic E-state index is 12.1. The van der Waals surface area contributed by atoms with Gasteiger partial charge in [-0.3, -0.25) is 0 Å². The molecule has 25 heavy (non-hydrogen) atoms. The number of hydrogen-bond acceptors (Lipinski definition) is 7. The molecule has 1 heterocycles. The van der Waals surface area contributed by atoms with Crippen LogP contribution in [0.15, 0.2) is 18.3 Å². The minimum Gasteiger partial charge on any atom is -0.462 e. The standard InChI is InChI=1S/C18H23NO6/c1-6-23-16(21)13-10-12(8-9-14(20)25-18(3,4)5)11-19-15(13)17(22)24-7-2/h8-11H,6-7H2,1-5H3. The Hall–Kier alpha value is -2.70. The second-order valence-electron chi connectivity index (χ2n) is 5.97. The van der Waals surface area contributed by atoms with Gasteiger partial charge < -0.3 is 14.2 Å². The van der Waals surface area contributed by atoms with Gasteiger partial charge >= 0.3 is 17.9 Å². The SMILES string of the molecule is CCOC(=O)c1cc(C=CC(=O)OC(C)(C)C)cnc1C(=O)OCC. The normalized spacial score (nSPS) is 11.2. The lowest BCUT2D eigenvalue weighted by atomic mass is 10.1. The first-order valence-electron chi connectivity index (χ1n) is 7.93. The highest BCUT2D eigenvalue weighted by atomic mass is 16.6. The number of rotatable bonds is 6. The smallest absolute Gasteiger partial charge is 0.357 e. The van der Waals surface area contributed by atoms with Gasteiger partial charge in [-0.05, 0) is 52.3 Å². The molecule has 0 bridgehead atoms. The quantitative estimate of drug-likeness (QED) is 0.443.